The Morgan fingerprint density at radius 3 is 2.50 bits per heavy atom. The number of halogens is 2. The van der Waals surface area contributed by atoms with E-state index in [9.17, 15) is 14.0 Å². The van der Waals surface area contributed by atoms with Crippen molar-refractivity contribution >= 4 is 35.3 Å². The maximum absolute atomic E-state index is 13.2. The Morgan fingerprint density at radius 2 is 1.82 bits per heavy atom. The van der Waals surface area contributed by atoms with Crippen LogP contribution < -0.4 is 10.2 Å². The number of hydrogen-bond donors (Lipinski definition) is 1. The van der Waals surface area contributed by atoms with Gasteiger partial charge in [0.25, 0.3) is 5.91 Å². The molecular formula is C16H10ClFN2O2. The Kier molecular flexibility index (Phi) is 3.65. The molecule has 1 fully saturated rings. The summed E-state index contributed by atoms with van der Waals surface area (Å²) in [6, 6.07) is 11.5. The summed E-state index contributed by atoms with van der Waals surface area (Å²) < 4.78 is 13.2. The molecule has 0 spiro atoms. The zero-order valence-corrected chi connectivity index (χ0v) is 12.0. The predicted octanol–water partition coefficient (Wildman–Crippen LogP) is 3.58. The number of urea groups is 1. The van der Waals surface area contributed by atoms with Gasteiger partial charge in [-0.2, -0.15) is 0 Å². The summed E-state index contributed by atoms with van der Waals surface area (Å²) in [6.45, 7) is 0. The lowest BCUT2D eigenvalue weighted by molar-refractivity contribution is -0.113. The number of carbonyl (C=O) groups is 2. The number of rotatable bonds is 2. The molecule has 0 saturated carbocycles. The van der Waals surface area contributed by atoms with Crippen LogP contribution in [-0.2, 0) is 4.79 Å². The molecule has 0 bridgehead atoms. The molecule has 1 heterocycles. The third kappa shape index (κ3) is 2.71. The predicted molar refractivity (Wildman–Crippen MR) is 81.8 cm³/mol. The molecule has 6 heteroatoms. The van der Waals surface area contributed by atoms with Gasteiger partial charge in [0.1, 0.15) is 11.5 Å². The van der Waals surface area contributed by atoms with Crippen LogP contribution >= 0.6 is 11.6 Å². The Hall–Kier alpha value is -2.66. The van der Waals surface area contributed by atoms with Crippen LogP contribution in [0.4, 0.5) is 14.9 Å². The smallest absolute Gasteiger partial charge is 0.302 e. The lowest BCUT2D eigenvalue weighted by atomic mass is 10.2. The quantitative estimate of drug-likeness (QED) is 0.680. The maximum Gasteiger partial charge on any atom is 0.333 e. The largest absolute Gasteiger partial charge is 0.333 e. The van der Waals surface area contributed by atoms with Gasteiger partial charge < -0.3 is 5.32 Å². The van der Waals surface area contributed by atoms with E-state index in [-0.39, 0.29) is 5.70 Å². The molecule has 1 aliphatic rings. The number of benzene rings is 2. The van der Waals surface area contributed by atoms with Crippen LogP contribution in [0, 0.1) is 5.82 Å². The van der Waals surface area contributed by atoms with Crippen LogP contribution in [0.5, 0.6) is 0 Å². The summed E-state index contributed by atoms with van der Waals surface area (Å²) >= 11 is 5.79. The van der Waals surface area contributed by atoms with E-state index in [1.54, 1.807) is 30.3 Å². The van der Waals surface area contributed by atoms with Gasteiger partial charge >= 0.3 is 6.03 Å². The van der Waals surface area contributed by atoms with Gasteiger partial charge in [0.05, 0.1) is 5.69 Å². The van der Waals surface area contributed by atoms with E-state index >= 15 is 0 Å². The van der Waals surface area contributed by atoms with Gasteiger partial charge in [-0.1, -0.05) is 23.7 Å². The highest BCUT2D eigenvalue weighted by atomic mass is 35.5. The Bertz CT molecular complexity index is 787. The van der Waals surface area contributed by atoms with E-state index in [1.807, 2.05) is 0 Å². The van der Waals surface area contributed by atoms with E-state index in [0.717, 1.165) is 4.90 Å². The van der Waals surface area contributed by atoms with Crippen molar-refractivity contribution in [3.8, 4) is 0 Å². The number of nitrogens with zero attached hydrogens (tertiary/aromatic N) is 1. The molecule has 4 nitrogen and oxygen atoms in total. The molecule has 0 unspecified atom stereocenters. The summed E-state index contributed by atoms with van der Waals surface area (Å²) in [5.41, 5.74) is 0.988. The second kappa shape index (κ2) is 5.61. The fraction of sp³-hybridized carbons (Fsp3) is 0. The van der Waals surface area contributed by atoms with Gasteiger partial charge in [0.15, 0.2) is 0 Å². The molecular weight excluding hydrogens is 307 g/mol. The lowest BCUT2D eigenvalue weighted by Crippen LogP contribution is -2.30. The minimum absolute atomic E-state index is 0.0885. The van der Waals surface area contributed by atoms with Crippen molar-refractivity contribution in [3.63, 3.8) is 0 Å². The lowest BCUT2D eigenvalue weighted by Gasteiger charge is -2.11. The monoisotopic (exact) mass is 316 g/mol. The summed E-state index contributed by atoms with van der Waals surface area (Å²) in [7, 11) is 0. The van der Waals surface area contributed by atoms with E-state index in [0.29, 0.717) is 16.3 Å². The third-order valence-corrected chi connectivity index (χ3v) is 3.37. The van der Waals surface area contributed by atoms with Crippen molar-refractivity contribution in [2.75, 3.05) is 4.90 Å². The van der Waals surface area contributed by atoms with Gasteiger partial charge in [-0.3, -0.25) is 4.79 Å². The van der Waals surface area contributed by atoms with E-state index < -0.39 is 17.8 Å². The summed E-state index contributed by atoms with van der Waals surface area (Å²) in [6.07, 6.45) is 1.43. The molecule has 2 aromatic carbocycles. The average Bonchev–Trinajstić information content (AvgIpc) is 2.75. The number of nitrogens with one attached hydrogen (secondary N) is 1. The van der Waals surface area contributed by atoms with Crippen molar-refractivity contribution in [2.24, 2.45) is 0 Å². The van der Waals surface area contributed by atoms with E-state index in [2.05, 4.69) is 5.32 Å². The second-order valence-corrected chi connectivity index (χ2v) is 5.10. The van der Waals surface area contributed by atoms with Crippen molar-refractivity contribution in [2.45, 2.75) is 0 Å². The zero-order chi connectivity index (χ0) is 15.7. The van der Waals surface area contributed by atoms with Gasteiger partial charge in [0.2, 0.25) is 0 Å². The second-order valence-electron chi connectivity index (χ2n) is 4.66. The van der Waals surface area contributed by atoms with Crippen LogP contribution in [0.2, 0.25) is 5.02 Å². The molecule has 1 aliphatic heterocycles. The zero-order valence-electron chi connectivity index (χ0n) is 11.2. The SMILES string of the molecule is O=C1NC(=Cc2cccc(F)c2)C(=O)N1c1ccc(Cl)cc1. The highest BCUT2D eigenvalue weighted by Crippen LogP contribution is 2.23. The standard InChI is InChI=1S/C16H10ClFN2O2/c17-11-4-6-13(7-5-11)20-15(21)14(19-16(20)22)9-10-2-1-3-12(18)8-10/h1-9H,(H,19,22). The number of carbonyl (C=O) groups excluding carboxylic acids is 2. The van der Waals surface area contributed by atoms with E-state index in [1.165, 1.54) is 24.3 Å². The fourth-order valence-corrected chi connectivity index (χ4v) is 2.25. The number of hydrogen-bond acceptors (Lipinski definition) is 2. The third-order valence-electron chi connectivity index (χ3n) is 3.12. The highest BCUT2D eigenvalue weighted by molar-refractivity contribution is 6.31. The maximum atomic E-state index is 13.2. The first-order valence-electron chi connectivity index (χ1n) is 6.43. The highest BCUT2D eigenvalue weighted by Gasteiger charge is 2.34. The van der Waals surface area contributed by atoms with E-state index in [4.69, 9.17) is 11.6 Å². The van der Waals surface area contributed by atoms with Crippen molar-refractivity contribution in [3.05, 3.63) is 70.6 Å². The summed E-state index contributed by atoms with van der Waals surface area (Å²) in [5.74, 6) is -0.919. The average molecular weight is 317 g/mol. The topological polar surface area (TPSA) is 49.4 Å². The first-order valence-corrected chi connectivity index (χ1v) is 6.81. The van der Waals surface area contributed by atoms with Crippen molar-refractivity contribution in [1.29, 1.82) is 0 Å². The van der Waals surface area contributed by atoms with Gasteiger partial charge in [-0.05, 0) is 48.0 Å². The first-order chi connectivity index (χ1) is 10.5. The van der Waals surface area contributed by atoms with Gasteiger partial charge in [-0.25, -0.2) is 14.1 Å². The molecule has 1 saturated heterocycles. The first kappa shape index (κ1) is 14.3. The van der Waals surface area contributed by atoms with Crippen molar-refractivity contribution < 1.29 is 14.0 Å². The van der Waals surface area contributed by atoms with Crippen LogP contribution in [0.1, 0.15) is 5.56 Å². The van der Waals surface area contributed by atoms with Crippen LogP contribution in [0.25, 0.3) is 6.08 Å². The normalized spacial score (nSPS) is 16.3. The molecule has 1 N–H and O–H groups in total. The molecule has 0 aliphatic carbocycles. The van der Waals surface area contributed by atoms with Crippen LogP contribution in [0.15, 0.2) is 54.2 Å². The van der Waals surface area contributed by atoms with Crippen molar-refractivity contribution in [1.82, 2.24) is 5.32 Å². The number of amides is 3. The van der Waals surface area contributed by atoms with Gasteiger partial charge in [0, 0.05) is 5.02 Å². The summed E-state index contributed by atoms with van der Waals surface area (Å²) in [4.78, 5) is 25.3. The van der Waals surface area contributed by atoms with Crippen LogP contribution in [-0.4, -0.2) is 11.9 Å². The Morgan fingerprint density at radius 1 is 1.09 bits per heavy atom. The molecule has 110 valence electrons. The molecule has 0 aromatic heterocycles. The molecule has 3 amide bonds. The minimum atomic E-state index is -0.560. The number of imide groups is 1. The number of anilines is 1. The minimum Gasteiger partial charge on any atom is -0.302 e. The van der Waals surface area contributed by atoms with Gasteiger partial charge in [-0.15, -0.1) is 0 Å². The molecule has 22 heavy (non-hydrogen) atoms. The Labute approximate surface area is 130 Å². The Balaban J connectivity index is 1.93. The molecule has 3 rings (SSSR count). The molecule has 0 radical (unpaired) electrons. The van der Waals surface area contributed by atoms with Crippen LogP contribution in [0.3, 0.4) is 0 Å². The summed E-state index contributed by atoms with van der Waals surface area (Å²) in [5, 5.41) is 2.98. The fourth-order valence-electron chi connectivity index (χ4n) is 2.12. The molecule has 2 aromatic rings. The molecule has 0 atom stereocenters.